The van der Waals surface area contributed by atoms with Crippen molar-refractivity contribution < 1.29 is 41.0 Å². The van der Waals surface area contributed by atoms with Gasteiger partial charge in [-0.15, -0.1) is 0 Å². The molecule has 0 aliphatic rings. The van der Waals surface area contributed by atoms with Gasteiger partial charge in [0.05, 0.1) is 18.9 Å². The summed E-state index contributed by atoms with van der Waals surface area (Å²) >= 11 is 0. The maximum Gasteiger partial charge on any atom is 0.311 e. The van der Waals surface area contributed by atoms with Crippen LogP contribution in [-0.4, -0.2) is 18.0 Å². The van der Waals surface area contributed by atoms with E-state index in [4.69, 9.17) is 4.74 Å². The quantitative estimate of drug-likeness (QED) is 0.107. The second kappa shape index (κ2) is 12.4. The number of carbonyl (C=O) groups excluding carboxylic acids is 2. The highest BCUT2D eigenvalue weighted by Gasteiger charge is 2.28. The molecule has 29 heavy (non-hydrogen) atoms. The Balaban J connectivity index is 2.41. The van der Waals surface area contributed by atoms with E-state index >= 15 is 0 Å². The highest BCUT2D eigenvalue weighted by molar-refractivity contribution is 5.79. The monoisotopic (exact) mass is 424 g/mol. The summed E-state index contributed by atoms with van der Waals surface area (Å²) in [5, 5.41) is 0. The van der Waals surface area contributed by atoms with Gasteiger partial charge in [0, 0.05) is 0 Å². The first-order valence-corrected chi connectivity index (χ1v) is 9.60. The highest BCUT2D eigenvalue weighted by atomic mass is 19.2. The second-order valence-electron chi connectivity index (χ2n) is 6.73. The molecule has 0 heterocycles. The number of halogens is 5. The SMILES string of the molecule is CCCCCCCCC(C)OC(=O)CCC(=O)Oc1c(F)c(F)c(F)c(F)c1F. The molecule has 4 nitrogen and oxygen atoms in total. The van der Waals surface area contributed by atoms with Gasteiger partial charge in [-0.2, -0.15) is 8.78 Å². The Hall–Kier alpha value is -2.19. The van der Waals surface area contributed by atoms with Crippen LogP contribution in [0.15, 0.2) is 0 Å². The first-order chi connectivity index (χ1) is 13.7. The zero-order valence-corrected chi connectivity index (χ0v) is 16.5. The lowest BCUT2D eigenvalue weighted by molar-refractivity contribution is -0.151. The molecule has 0 saturated heterocycles. The number of hydrogen-bond acceptors (Lipinski definition) is 4. The summed E-state index contributed by atoms with van der Waals surface area (Å²) in [7, 11) is 0. The van der Waals surface area contributed by atoms with Gasteiger partial charge in [-0.05, 0) is 19.8 Å². The fraction of sp³-hybridized carbons (Fsp3) is 0.600. The van der Waals surface area contributed by atoms with Crippen molar-refractivity contribution in [3.05, 3.63) is 29.1 Å². The molecule has 0 N–H and O–H groups in total. The number of ether oxygens (including phenoxy) is 2. The number of carbonyl (C=O) groups is 2. The van der Waals surface area contributed by atoms with Crippen LogP contribution in [-0.2, 0) is 14.3 Å². The minimum Gasteiger partial charge on any atom is -0.463 e. The Morgan fingerprint density at radius 1 is 0.759 bits per heavy atom. The van der Waals surface area contributed by atoms with Crippen molar-refractivity contribution in [3.63, 3.8) is 0 Å². The molecule has 0 fully saturated rings. The lowest BCUT2D eigenvalue weighted by Gasteiger charge is -2.13. The molecule has 1 unspecified atom stereocenters. The Bertz CT molecular complexity index is 680. The summed E-state index contributed by atoms with van der Waals surface area (Å²) in [5.41, 5.74) is 0. The predicted octanol–water partition coefficient (Wildman–Crippen LogP) is 5.75. The summed E-state index contributed by atoms with van der Waals surface area (Å²) in [5.74, 6) is -15.1. The molecule has 0 aliphatic carbocycles. The van der Waals surface area contributed by atoms with E-state index in [1.807, 2.05) is 0 Å². The summed E-state index contributed by atoms with van der Waals surface area (Å²) in [6, 6.07) is 0. The number of hydrogen-bond donors (Lipinski definition) is 0. The molecular formula is C20H25F5O4. The minimum absolute atomic E-state index is 0.361. The normalized spacial score (nSPS) is 12.0. The van der Waals surface area contributed by atoms with Crippen molar-refractivity contribution in [1.82, 2.24) is 0 Å². The molecule has 0 spiro atoms. The van der Waals surface area contributed by atoms with Gasteiger partial charge in [-0.1, -0.05) is 39.0 Å². The van der Waals surface area contributed by atoms with Crippen LogP contribution in [0.5, 0.6) is 5.75 Å². The molecule has 9 heteroatoms. The van der Waals surface area contributed by atoms with E-state index in [1.165, 1.54) is 6.42 Å². The Labute approximate surface area is 166 Å². The summed E-state index contributed by atoms with van der Waals surface area (Å²) in [6.45, 7) is 3.83. The smallest absolute Gasteiger partial charge is 0.311 e. The molecule has 164 valence electrons. The van der Waals surface area contributed by atoms with Crippen LogP contribution in [0.1, 0.15) is 71.6 Å². The number of esters is 2. The largest absolute Gasteiger partial charge is 0.463 e. The first-order valence-electron chi connectivity index (χ1n) is 9.60. The third-order valence-corrected chi connectivity index (χ3v) is 4.22. The van der Waals surface area contributed by atoms with Crippen molar-refractivity contribution in [1.29, 1.82) is 0 Å². The van der Waals surface area contributed by atoms with Crippen LogP contribution in [0.3, 0.4) is 0 Å². The molecule has 0 radical (unpaired) electrons. The van der Waals surface area contributed by atoms with E-state index < -0.39 is 59.6 Å². The molecule has 1 atom stereocenters. The third-order valence-electron chi connectivity index (χ3n) is 4.22. The van der Waals surface area contributed by atoms with Gasteiger partial charge >= 0.3 is 11.9 Å². The van der Waals surface area contributed by atoms with E-state index in [2.05, 4.69) is 11.7 Å². The highest BCUT2D eigenvalue weighted by Crippen LogP contribution is 2.29. The molecule has 0 saturated carbocycles. The lowest BCUT2D eigenvalue weighted by atomic mass is 10.1. The Morgan fingerprint density at radius 2 is 1.24 bits per heavy atom. The fourth-order valence-corrected chi connectivity index (χ4v) is 2.60. The van der Waals surface area contributed by atoms with E-state index in [-0.39, 0.29) is 6.10 Å². The summed E-state index contributed by atoms with van der Waals surface area (Å²) < 4.78 is 75.3. The van der Waals surface area contributed by atoms with Crippen LogP contribution in [0.2, 0.25) is 0 Å². The van der Waals surface area contributed by atoms with E-state index in [0.717, 1.165) is 32.1 Å². The zero-order valence-electron chi connectivity index (χ0n) is 16.5. The fourth-order valence-electron chi connectivity index (χ4n) is 2.60. The maximum absolute atomic E-state index is 13.5. The number of benzene rings is 1. The van der Waals surface area contributed by atoms with Gasteiger partial charge in [-0.3, -0.25) is 9.59 Å². The van der Waals surface area contributed by atoms with Gasteiger partial charge in [0.2, 0.25) is 34.8 Å². The van der Waals surface area contributed by atoms with Crippen molar-refractivity contribution in [2.45, 2.75) is 77.7 Å². The van der Waals surface area contributed by atoms with Gasteiger partial charge in [0.25, 0.3) is 0 Å². The average Bonchev–Trinajstić information content (AvgIpc) is 2.69. The van der Waals surface area contributed by atoms with Crippen LogP contribution < -0.4 is 4.74 Å². The molecule has 1 aromatic rings. The van der Waals surface area contributed by atoms with Crippen LogP contribution >= 0.6 is 0 Å². The van der Waals surface area contributed by atoms with Gasteiger partial charge in [0.1, 0.15) is 0 Å². The molecule has 0 bridgehead atoms. The number of unbranched alkanes of at least 4 members (excludes halogenated alkanes) is 5. The molecule has 0 amide bonds. The van der Waals surface area contributed by atoms with Gasteiger partial charge < -0.3 is 9.47 Å². The lowest BCUT2D eigenvalue weighted by Crippen LogP contribution is -2.18. The van der Waals surface area contributed by atoms with Crippen molar-refractivity contribution >= 4 is 11.9 Å². The first kappa shape index (κ1) is 24.8. The summed E-state index contributed by atoms with van der Waals surface area (Å²) in [4.78, 5) is 23.3. The third kappa shape index (κ3) is 7.98. The Kier molecular flexibility index (Phi) is 10.6. The maximum atomic E-state index is 13.5. The standard InChI is InChI=1S/C20H25F5O4/c1-3-4-5-6-7-8-9-12(2)28-13(26)10-11-14(27)29-20-18(24)16(22)15(21)17(23)19(20)25/h12H,3-11H2,1-2H3. The summed E-state index contributed by atoms with van der Waals surface area (Å²) in [6.07, 6.45) is 5.74. The molecule has 1 rings (SSSR count). The van der Waals surface area contributed by atoms with E-state index in [0.29, 0.717) is 6.42 Å². The molecular weight excluding hydrogens is 399 g/mol. The van der Waals surface area contributed by atoms with E-state index in [9.17, 15) is 31.5 Å². The second-order valence-corrected chi connectivity index (χ2v) is 6.73. The van der Waals surface area contributed by atoms with Crippen LogP contribution in [0.4, 0.5) is 22.0 Å². The van der Waals surface area contributed by atoms with Crippen LogP contribution in [0, 0.1) is 29.1 Å². The zero-order chi connectivity index (χ0) is 22.0. The van der Waals surface area contributed by atoms with Crippen LogP contribution in [0.25, 0.3) is 0 Å². The molecule has 1 aromatic carbocycles. The predicted molar refractivity (Wildman–Crippen MR) is 94.6 cm³/mol. The van der Waals surface area contributed by atoms with Crippen molar-refractivity contribution in [2.24, 2.45) is 0 Å². The van der Waals surface area contributed by atoms with Gasteiger partial charge in [-0.25, -0.2) is 13.2 Å². The van der Waals surface area contributed by atoms with E-state index in [1.54, 1.807) is 6.92 Å². The van der Waals surface area contributed by atoms with Gasteiger partial charge in [0.15, 0.2) is 0 Å². The molecule has 0 aromatic heterocycles. The minimum atomic E-state index is -2.36. The van der Waals surface area contributed by atoms with Crippen molar-refractivity contribution in [3.8, 4) is 5.75 Å². The average molecular weight is 424 g/mol. The van der Waals surface area contributed by atoms with Crippen molar-refractivity contribution in [2.75, 3.05) is 0 Å². The number of rotatable bonds is 12. The molecule has 0 aliphatic heterocycles. The Morgan fingerprint density at radius 3 is 1.83 bits per heavy atom. The topological polar surface area (TPSA) is 52.6 Å².